The van der Waals surface area contributed by atoms with E-state index in [0.29, 0.717) is 18.0 Å². The van der Waals surface area contributed by atoms with Gasteiger partial charge in [-0.3, -0.25) is 4.79 Å². The summed E-state index contributed by atoms with van der Waals surface area (Å²) < 4.78 is 0. The van der Waals surface area contributed by atoms with E-state index in [9.17, 15) is 4.79 Å². The third kappa shape index (κ3) is 2.02. The van der Waals surface area contributed by atoms with Crippen molar-refractivity contribution in [2.45, 2.75) is 39.3 Å². The molecule has 1 fully saturated rings. The zero-order valence-electron chi connectivity index (χ0n) is 9.00. The summed E-state index contributed by atoms with van der Waals surface area (Å²) in [6.07, 6.45) is 1.14. The molecule has 0 aliphatic carbocycles. The second-order valence-corrected chi connectivity index (χ2v) is 4.13. The second kappa shape index (κ2) is 4.09. The molecule has 1 aliphatic heterocycles. The Bertz CT molecular complexity index is 191. The van der Waals surface area contributed by atoms with Gasteiger partial charge in [0, 0.05) is 25.6 Å². The first-order chi connectivity index (χ1) is 6.07. The first kappa shape index (κ1) is 10.5. The molecule has 0 aromatic rings. The lowest BCUT2D eigenvalue weighted by Crippen LogP contribution is -2.60. The van der Waals surface area contributed by atoms with Gasteiger partial charge >= 0.3 is 0 Å². The molecule has 0 saturated carbocycles. The first-order valence-corrected chi connectivity index (χ1v) is 5.02. The molecule has 3 heteroatoms. The van der Waals surface area contributed by atoms with Crippen LogP contribution in [-0.2, 0) is 4.79 Å². The maximum Gasteiger partial charge on any atom is 0.219 e. The van der Waals surface area contributed by atoms with Crippen LogP contribution in [0.3, 0.4) is 0 Å². The van der Waals surface area contributed by atoms with Crippen LogP contribution in [0.15, 0.2) is 0 Å². The van der Waals surface area contributed by atoms with Gasteiger partial charge in [0.2, 0.25) is 5.91 Å². The third-order valence-corrected chi connectivity index (χ3v) is 2.94. The molecule has 2 unspecified atom stereocenters. The predicted molar refractivity (Wildman–Crippen MR) is 53.5 cm³/mol. The van der Waals surface area contributed by atoms with Crippen molar-refractivity contribution in [3.63, 3.8) is 0 Å². The average Bonchev–Trinajstić information content (AvgIpc) is 1.95. The van der Waals surface area contributed by atoms with Gasteiger partial charge in [-0.2, -0.15) is 0 Å². The molecule has 1 amide bonds. The average molecular weight is 184 g/mol. The number of nitrogens with one attached hydrogen (secondary N) is 1. The van der Waals surface area contributed by atoms with Crippen molar-refractivity contribution in [2.24, 2.45) is 5.92 Å². The Labute approximate surface area is 80.5 Å². The van der Waals surface area contributed by atoms with E-state index in [1.807, 2.05) is 11.9 Å². The van der Waals surface area contributed by atoms with Crippen LogP contribution in [0, 0.1) is 5.92 Å². The lowest BCUT2D eigenvalue weighted by atomic mass is 9.88. The van der Waals surface area contributed by atoms with Crippen LogP contribution in [0.4, 0.5) is 0 Å². The van der Waals surface area contributed by atoms with Gasteiger partial charge in [-0.1, -0.05) is 13.8 Å². The second-order valence-electron chi connectivity index (χ2n) is 4.13. The molecular formula is C10H20N2O. The summed E-state index contributed by atoms with van der Waals surface area (Å²) in [5.74, 6) is 0.786. The van der Waals surface area contributed by atoms with Crippen LogP contribution in [0.25, 0.3) is 0 Å². The number of hydrogen-bond donors (Lipinski definition) is 1. The number of likely N-dealkylation sites (N-methyl/N-ethyl adjacent to an activating group) is 1. The van der Waals surface area contributed by atoms with Gasteiger partial charge in [0.25, 0.3) is 0 Å². The van der Waals surface area contributed by atoms with E-state index in [2.05, 4.69) is 19.2 Å². The van der Waals surface area contributed by atoms with Gasteiger partial charge in [0.15, 0.2) is 0 Å². The molecule has 0 radical (unpaired) electrons. The van der Waals surface area contributed by atoms with E-state index < -0.39 is 0 Å². The zero-order chi connectivity index (χ0) is 10.0. The summed E-state index contributed by atoms with van der Waals surface area (Å²) in [4.78, 5) is 13.1. The summed E-state index contributed by atoms with van der Waals surface area (Å²) in [5.41, 5.74) is 0. The van der Waals surface area contributed by atoms with Crippen molar-refractivity contribution >= 4 is 5.91 Å². The molecule has 0 aromatic heterocycles. The van der Waals surface area contributed by atoms with Gasteiger partial charge in [0.05, 0.1) is 0 Å². The highest BCUT2D eigenvalue weighted by Crippen LogP contribution is 2.24. The van der Waals surface area contributed by atoms with E-state index in [1.54, 1.807) is 6.92 Å². The monoisotopic (exact) mass is 184 g/mol. The van der Waals surface area contributed by atoms with Gasteiger partial charge in [-0.05, 0) is 19.4 Å². The smallest absolute Gasteiger partial charge is 0.219 e. The molecule has 1 rings (SSSR count). The van der Waals surface area contributed by atoms with Gasteiger partial charge in [-0.25, -0.2) is 0 Å². The highest BCUT2D eigenvalue weighted by atomic mass is 16.2. The lowest BCUT2D eigenvalue weighted by molar-refractivity contribution is -0.138. The Morgan fingerprint density at radius 3 is 2.38 bits per heavy atom. The van der Waals surface area contributed by atoms with Crippen LogP contribution < -0.4 is 5.32 Å². The molecule has 1 saturated heterocycles. The molecule has 1 heterocycles. The maximum absolute atomic E-state index is 11.2. The molecule has 0 aromatic carbocycles. The van der Waals surface area contributed by atoms with Crippen LogP contribution in [0.5, 0.6) is 0 Å². The molecule has 0 bridgehead atoms. The molecule has 0 spiro atoms. The van der Waals surface area contributed by atoms with Crippen molar-refractivity contribution in [3.8, 4) is 0 Å². The summed E-state index contributed by atoms with van der Waals surface area (Å²) in [6.45, 7) is 6.97. The van der Waals surface area contributed by atoms with Crippen LogP contribution >= 0.6 is 0 Å². The van der Waals surface area contributed by atoms with E-state index in [-0.39, 0.29) is 5.91 Å². The number of nitrogens with zero attached hydrogens (tertiary/aromatic N) is 1. The first-order valence-electron chi connectivity index (χ1n) is 5.02. The standard InChI is InChI=1S/C10H20N2O/c1-7(2)10(11-4)9-5-6-12(9)8(3)13/h7,9-11H,5-6H2,1-4H3. The highest BCUT2D eigenvalue weighted by Gasteiger charge is 2.36. The maximum atomic E-state index is 11.2. The highest BCUT2D eigenvalue weighted by molar-refractivity contribution is 5.74. The molecule has 76 valence electrons. The Balaban J connectivity index is 2.55. The fraction of sp³-hybridized carbons (Fsp3) is 0.900. The minimum Gasteiger partial charge on any atom is -0.338 e. The largest absolute Gasteiger partial charge is 0.338 e. The molecular weight excluding hydrogens is 164 g/mol. The summed E-state index contributed by atoms with van der Waals surface area (Å²) in [5, 5.41) is 3.29. The minimum atomic E-state index is 0.206. The molecule has 1 aliphatic rings. The van der Waals surface area contributed by atoms with Crippen LogP contribution in [0.1, 0.15) is 27.2 Å². The predicted octanol–water partition coefficient (Wildman–Crippen LogP) is 0.851. The van der Waals surface area contributed by atoms with E-state index in [1.165, 1.54) is 0 Å². The Morgan fingerprint density at radius 1 is 1.54 bits per heavy atom. The number of carbonyl (C=O) groups excluding carboxylic acids is 1. The number of likely N-dealkylation sites (tertiary alicyclic amines) is 1. The summed E-state index contributed by atoms with van der Waals surface area (Å²) in [7, 11) is 1.97. The number of rotatable bonds is 3. The zero-order valence-corrected chi connectivity index (χ0v) is 9.00. The lowest BCUT2D eigenvalue weighted by Gasteiger charge is -2.46. The van der Waals surface area contributed by atoms with Crippen LogP contribution in [-0.4, -0.2) is 36.5 Å². The Kier molecular flexibility index (Phi) is 3.31. The quantitative estimate of drug-likeness (QED) is 0.705. The van der Waals surface area contributed by atoms with E-state index in [0.717, 1.165) is 13.0 Å². The fourth-order valence-corrected chi connectivity index (χ4v) is 2.14. The molecule has 1 N–H and O–H groups in total. The summed E-state index contributed by atoms with van der Waals surface area (Å²) >= 11 is 0. The number of amides is 1. The van der Waals surface area contributed by atoms with Crippen molar-refractivity contribution in [1.82, 2.24) is 10.2 Å². The molecule has 3 nitrogen and oxygen atoms in total. The summed E-state index contributed by atoms with van der Waals surface area (Å²) in [6, 6.07) is 0.861. The normalized spacial score (nSPS) is 24.4. The minimum absolute atomic E-state index is 0.206. The fourth-order valence-electron chi connectivity index (χ4n) is 2.14. The number of hydrogen-bond acceptors (Lipinski definition) is 2. The van der Waals surface area contributed by atoms with Gasteiger partial charge < -0.3 is 10.2 Å². The van der Waals surface area contributed by atoms with Gasteiger partial charge in [0.1, 0.15) is 0 Å². The van der Waals surface area contributed by atoms with Crippen LogP contribution in [0.2, 0.25) is 0 Å². The van der Waals surface area contributed by atoms with Crippen molar-refractivity contribution in [2.75, 3.05) is 13.6 Å². The van der Waals surface area contributed by atoms with Crippen molar-refractivity contribution in [3.05, 3.63) is 0 Å². The SMILES string of the molecule is CNC(C(C)C)C1CCN1C(C)=O. The topological polar surface area (TPSA) is 32.3 Å². The third-order valence-electron chi connectivity index (χ3n) is 2.94. The van der Waals surface area contributed by atoms with Crippen molar-refractivity contribution < 1.29 is 4.79 Å². The van der Waals surface area contributed by atoms with E-state index >= 15 is 0 Å². The number of carbonyl (C=O) groups is 1. The Morgan fingerprint density at radius 2 is 2.15 bits per heavy atom. The molecule has 2 atom stereocenters. The van der Waals surface area contributed by atoms with Gasteiger partial charge in [-0.15, -0.1) is 0 Å². The molecule has 13 heavy (non-hydrogen) atoms. The Hall–Kier alpha value is -0.570. The van der Waals surface area contributed by atoms with Crippen molar-refractivity contribution in [1.29, 1.82) is 0 Å². The van der Waals surface area contributed by atoms with E-state index in [4.69, 9.17) is 0 Å².